The Bertz CT molecular complexity index is 686. The van der Waals surface area contributed by atoms with E-state index in [1.54, 1.807) is 31.4 Å². The van der Waals surface area contributed by atoms with Crippen LogP contribution in [0.3, 0.4) is 0 Å². The number of amides is 1. The molecule has 21 heavy (non-hydrogen) atoms. The number of methoxy groups -OCH3 is 1. The lowest BCUT2D eigenvalue weighted by molar-refractivity contribution is -0.384. The lowest BCUT2D eigenvalue weighted by Gasteiger charge is -2.07. The van der Waals surface area contributed by atoms with Crippen LogP contribution in [-0.2, 0) is 0 Å². The molecule has 0 aliphatic rings. The highest BCUT2D eigenvalue weighted by molar-refractivity contribution is 14.1. The van der Waals surface area contributed by atoms with Crippen LogP contribution >= 0.6 is 22.6 Å². The number of carbonyl (C=O) groups excluding carboxylic acids is 1. The molecule has 0 aliphatic carbocycles. The molecule has 7 heteroatoms. The number of nitro groups is 1. The van der Waals surface area contributed by atoms with Crippen LogP contribution in [0, 0.1) is 13.7 Å². The zero-order valence-electron chi connectivity index (χ0n) is 11.0. The Labute approximate surface area is 134 Å². The maximum Gasteiger partial charge on any atom is 0.270 e. The van der Waals surface area contributed by atoms with Crippen molar-refractivity contribution in [2.45, 2.75) is 0 Å². The Kier molecular flexibility index (Phi) is 4.73. The van der Waals surface area contributed by atoms with E-state index in [1.165, 1.54) is 18.2 Å². The van der Waals surface area contributed by atoms with Crippen LogP contribution in [0.1, 0.15) is 10.4 Å². The highest BCUT2D eigenvalue weighted by Crippen LogP contribution is 2.21. The van der Waals surface area contributed by atoms with E-state index in [0.717, 1.165) is 0 Å². The highest BCUT2D eigenvalue weighted by atomic mass is 127. The fourth-order valence-corrected chi connectivity index (χ4v) is 2.42. The molecule has 2 aromatic carbocycles. The molecule has 0 unspecified atom stereocenters. The molecule has 2 rings (SSSR count). The average Bonchev–Trinajstić information content (AvgIpc) is 2.47. The third-order valence-electron chi connectivity index (χ3n) is 2.76. The number of non-ortho nitro benzene ring substituents is 1. The van der Waals surface area contributed by atoms with Gasteiger partial charge in [0.25, 0.3) is 11.6 Å². The minimum atomic E-state index is -0.493. The number of halogens is 1. The van der Waals surface area contributed by atoms with E-state index in [9.17, 15) is 14.9 Å². The smallest absolute Gasteiger partial charge is 0.270 e. The molecule has 0 saturated heterocycles. The quantitative estimate of drug-likeness (QED) is 0.486. The molecule has 0 spiro atoms. The van der Waals surface area contributed by atoms with Crippen molar-refractivity contribution in [3.05, 3.63) is 61.7 Å². The summed E-state index contributed by atoms with van der Waals surface area (Å²) in [6.45, 7) is 0. The highest BCUT2D eigenvalue weighted by Gasteiger charge is 2.14. The van der Waals surface area contributed by atoms with E-state index in [0.29, 0.717) is 20.6 Å². The minimum Gasteiger partial charge on any atom is -0.497 e. The van der Waals surface area contributed by atoms with Gasteiger partial charge in [-0.05, 0) is 52.9 Å². The lowest BCUT2D eigenvalue weighted by Crippen LogP contribution is -2.13. The molecule has 0 heterocycles. The summed E-state index contributed by atoms with van der Waals surface area (Å²) in [5.41, 5.74) is 0.965. The van der Waals surface area contributed by atoms with E-state index in [2.05, 4.69) is 5.32 Å². The van der Waals surface area contributed by atoms with Gasteiger partial charge in [0.15, 0.2) is 0 Å². The van der Waals surface area contributed by atoms with Gasteiger partial charge in [-0.2, -0.15) is 0 Å². The van der Waals surface area contributed by atoms with E-state index < -0.39 is 4.92 Å². The van der Waals surface area contributed by atoms with Crippen LogP contribution in [0.2, 0.25) is 0 Å². The Morgan fingerprint density at radius 3 is 2.43 bits per heavy atom. The number of hydrogen-bond donors (Lipinski definition) is 1. The first-order chi connectivity index (χ1) is 10.0. The predicted octanol–water partition coefficient (Wildman–Crippen LogP) is 3.46. The Morgan fingerprint density at radius 1 is 1.24 bits per heavy atom. The number of ether oxygens (including phenoxy) is 1. The van der Waals surface area contributed by atoms with Crippen molar-refractivity contribution in [1.82, 2.24) is 0 Å². The summed E-state index contributed by atoms with van der Waals surface area (Å²) in [5.74, 6) is 0.373. The lowest BCUT2D eigenvalue weighted by atomic mass is 10.2. The van der Waals surface area contributed by atoms with Gasteiger partial charge >= 0.3 is 0 Å². The topological polar surface area (TPSA) is 81.5 Å². The van der Waals surface area contributed by atoms with Gasteiger partial charge in [0.05, 0.1) is 17.6 Å². The predicted molar refractivity (Wildman–Crippen MR) is 86.8 cm³/mol. The maximum atomic E-state index is 12.2. The fourth-order valence-electron chi connectivity index (χ4n) is 1.67. The van der Waals surface area contributed by atoms with Gasteiger partial charge in [-0.1, -0.05) is 0 Å². The molecule has 0 aliphatic heterocycles. The van der Waals surface area contributed by atoms with Gasteiger partial charge in [0.1, 0.15) is 5.75 Å². The molecule has 108 valence electrons. The molecule has 0 radical (unpaired) electrons. The van der Waals surface area contributed by atoms with Gasteiger partial charge < -0.3 is 10.1 Å². The molecule has 0 fully saturated rings. The first-order valence-corrected chi connectivity index (χ1v) is 6.98. The van der Waals surface area contributed by atoms with Gasteiger partial charge in [-0.15, -0.1) is 0 Å². The van der Waals surface area contributed by atoms with Crippen LogP contribution in [0.25, 0.3) is 0 Å². The first-order valence-electron chi connectivity index (χ1n) is 5.90. The molecule has 0 atom stereocenters. The molecular formula is C14H11IN2O4. The third-order valence-corrected chi connectivity index (χ3v) is 3.65. The molecule has 1 N–H and O–H groups in total. The normalized spacial score (nSPS) is 10.0. The van der Waals surface area contributed by atoms with E-state index in [-0.39, 0.29) is 11.6 Å². The van der Waals surface area contributed by atoms with Crippen molar-refractivity contribution >= 4 is 39.9 Å². The Morgan fingerprint density at radius 2 is 1.90 bits per heavy atom. The average molecular weight is 398 g/mol. The van der Waals surface area contributed by atoms with Crippen molar-refractivity contribution in [2.75, 3.05) is 12.4 Å². The number of nitrogens with one attached hydrogen (secondary N) is 1. The van der Waals surface area contributed by atoms with Gasteiger partial charge in [0.2, 0.25) is 0 Å². The number of benzene rings is 2. The van der Waals surface area contributed by atoms with E-state index >= 15 is 0 Å². The van der Waals surface area contributed by atoms with Crippen LogP contribution in [0.15, 0.2) is 42.5 Å². The first kappa shape index (κ1) is 15.2. The number of anilines is 1. The second-order valence-electron chi connectivity index (χ2n) is 4.10. The molecular weight excluding hydrogens is 387 g/mol. The number of rotatable bonds is 4. The zero-order valence-corrected chi connectivity index (χ0v) is 13.2. The molecule has 0 bridgehead atoms. The summed E-state index contributed by atoms with van der Waals surface area (Å²) in [5, 5.41) is 13.4. The maximum absolute atomic E-state index is 12.2. The molecule has 1 amide bonds. The van der Waals surface area contributed by atoms with Crippen LogP contribution in [0.5, 0.6) is 5.75 Å². The number of hydrogen-bond acceptors (Lipinski definition) is 4. The third kappa shape index (κ3) is 3.69. The fraction of sp³-hybridized carbons (Fsp3) is 0.0714. The monoisotopic (exact) mass is 398 g/mol. The van der Waals surface area contributed by atoms with Crippen molar-refractivity contribution in [3.8, 4) is 5.75 Å². The second kappa shape index (κ2) is 6.53. The van der Waals surface area contributed by atoms with E-state index in [1.807, 2.05) is 22.6 Å². The molecule has 2 aromatic rings. The van der Waals surface area contributed by atoms with Gasteiger partial charge in [0, 0.05) is 21.4 Å². The summed E-state index contributed by atoms with van der Waals surface area (Å²) in [6.07, 6.45) is 0. The summed E-state index contributed by atoms with van der Waals surface area (Å²) < 4.78 is 5.56. The van der Waals surface area contributed by atoms with Crippen LogP contribution < -0.4 is 10.1 Å². The SMILES string of the molecule is COc1ccc(NC(=O)c2ccc([N+](=O)[O-])cc2I)cc1. The molecule has 0 saturated carbocycles. The van der Waals surface area contributed by atoms with Gasteiger partial charge in [-0.25, -0.2) is 0 Å². The van der Waals surface area contributed by atoms with Crippen molar-refractivity contribution in [1.29, 1.82) is 0 Å². The van der Waals surface area contributed by atoms with Crippen molar-refractivity contribution in [2.24, 2.45) is 0 Å². The summed E-state index contributed by atoms with van der Waals surface area (Å²) >= 11 is 1.90. The molecule has 0 aromatic heterocycles. The van der Waals surface area contributed by atoms with E-state index in [4.69, 9.17) is 4.74 Å². The van der Waals surface area contributed by atoms with Crippen LogP contribution in [0.4, 0.5) is 11.4 Å². The van der Waals surface area contributed by atoms with Crippen LogP contribution in [-0.4, -0.2) is 17.9 Å². The number of carbonyl (C=O) groups is 1. The standard InChI is InChI=1S/C14H11IN2O4/c1-21-11-5-2-9(3-6-11)16-14(18)12-7-4-10(17(19)20)8-13(12)15/h2-8H,1H3,(H,16,18). The summed E-state index contributed by atoms with van der Waals surface area (Å²) in [7, 11) is 1.56. The largest absolute Gasteiger partial charge is 0.497 e. The Hall–Kier alpha value is -2.16. The summed E-state index contributed by atoms with van der Waals surface area (Å²) in [6, 6.07) is 11.0. The zero-order chi connectivity index (χ0) is 15.4. The number of nitro benzene ring substituents is 1. The summed E-state index contributed by atoms with van der Waals surface area (Å²) in [4.78, 5) is 22.3. The molecule has 6 nitrogen and oxygen atoms in total. The Balaban J connectivity index is 2.17. The van der Waals surface area contributed by atoms with Crippen molar-refractivity contribution in [3.63, 3.8) is 0 Å². The number of nitrogens with zero attached hydrogens (tertiary/aromatic N) is 1. The van der Waals surface area contributed by atoms with Crippen molar-refractivity contribution < 1.29 is 14.5 Å². The van der Waals surface area contributed by atoms with Gasteiger partial charge in [-0.3, -0.25) is 14.9 Å². The second-order valence-corrected chi connectivity index (χ2v) is 5.27. The minimum absolute atomic E-state index is 0.0413.